The molecule has 28 heavy (non-hydrogen) atoms. The first-order valence-corrected chi connectivity index (χ1v) is 9.09. The van der Waals surface area contributed by atoms with Crippen LogP contribution in [0.4, 0.5) is 5.69 Å². The molecule has 0 aliphatic heterocycles. The van der Waals surface area contributed by atoms with Crippen molar-refractivity contribution in [3.63, 3.8) is 0 Å². The average molecular weight is 416 g/mol. The highest BCUT2D eigenvalue weighted by molar-refractivity contribution is 8.00. The van der Waals surface area contributed by atoms with Gasteiger partial charge < -0.3 is 20.7 Å². The molecule has 0 bridgehead atoms. The van der Waals surface area contributed by atoms with Crippen LogP contribution in [-0.4, -0.2) is 27.1 Å². The van der Waals surface area contributed by atoms with Gasteiger partial charge in [-0.25, -0.2) is 9.78 Å². The molecule has 5 N–H and O–H groups in total. The molecular formula is C19H14ClN3O4S. The molecule has 7 nitrogen and oxygen atoms in total. The number of benzene rings is 2. The molecule has 2 aromatic carbocycles. The van der Waals surface area contributed by atoms with Gasteiger partial charge in [0.15, 0.2) is 0 Å². The van der Waals surface area contributed by atoms with E-state index in [1.807, 2.05) is 6.07 Å². The highest BCUT2D eigenvalue weighted by Crippen LogP contribution is 2.32. The molecule has 9 heteroatoms. The van der Waals surface area contributed by atoms with E-state index in [1.165, 1.54) is 24.1 Å². The summed E-state index contributed by atoms with van der Waals surface area (Å²) in [5, 5.41) is 19.0. The number of aromatic hydroxyl groups is 1. The lowest BCUT2D eigenvalue weighted by atomic mass is 10.1. The van der Waals surface area contributed by atoms with Crippen LogP contribution in [0.3, 0.4) is 0 Å². The molecular weight excluding hydrogens is 402 g/mol. The Kier molecular flexibility index (Phi) is 5.72. The number of anilines is 1. The average Bonchev–Trinajstić information content (AvgIpc) is 2.67. The van der Waals surface area contributed by atoms with Gasteiger partial charge in [-0.1, -0.05) is 23.7 Å². The number of amides is 1. The van der Waals surface area contributed by atoms with Crippen molar-refractivity contribution >= 4 is 41.1 Å². The molecule has 0 saturated heterocycles. The molecule has 1 heterocycles. The predicted molar refractivity (Wildman–Crippen MR) is 108 cm³/mol. The van der Waals surface area contributed by atoms with Crippen LogP contribution < -0.4 is 10.5 Å². The zero-order valence-electron chi connectivity index (χ0n) is 14.2. The minimum absolute atomic E-state index is 0.176. The summed E-state index contributed by atoms with van der Waals surface area (Å²) in [6.07, 6.45) is 1.58. The topological polar surface area (TPSA) is 126 Å². The van der Waals surface area contributed by atoms with Gasteiger partial charge in [-0.2, -0.15) is 0 Å². The summed E-state index contributed by atoms with van der Waals surface area (Å²) in [6, 6.07) is 12.7. The van der Waals surface area contributed by atoms with Crippen LogP contribution in [0.15, 0.2) is 59.6 Å². The normalized spacial score (nSPS) is 10.5. The lowest BCUT2D eigenvalue weighted by Crippen LogP contribution is -2.10. The maximum Gasteiger partial charge on any atom is 0.339 e. The molecule has 0 fully saturated rings. The number of hydrogen-bond donors (Lipinski definition) is 4. The molecule has 3 rings (SSSR count). The second kappa shape index (κ2) is 8.20. The van der Waals surface area contributed by atoms with Crippen LogP contribution in [0.2, 0.25) is 5.15 Å². The lowest BCUT2D eigenvalue weighted by molar-refractivity contribution is 0.0693. The van der Waals surface area contributed by atoms with Crippen LogP contribution in [0, 0.1) is 0 Å². The van der Waals surface area contributed by atoms with Gasteiger partial charge in [0.2, 0.25) is 5.91 Å². The number of nitrogens with zero attached hydrogens (tertiary/aromatic N) is 1. The van der Waals surface area contributed by atoms with Gasteiger partial charge in [0.1, 0.15) is 16.5 Å². The number of phenols is 1. The van der Waals surface area contributed by atoms with Crippen LogP contribution in [0.25, 0.3) is 11.1 Å². The van der Waals surface area contributed by atoms with E-state index in [9.17, 15) is 14.7 Å². The van der Waals surface area contributed by atoms with E-state index >= 15 is 0 Å². The van der Waals surface area contributed by atoms with Crippen molar-refractivity contribution in [3.05, 3.63) is 71.0 Å². The third-order valence-corrected chi connectivity index (χ3v) is 4.91. The van der Waals surface area contributed by atoms with Crippen molar-refractivity contribution < 1.29 is 19.8 Å². The summed E-state index contributed by atoms with van der Waals surface area (Å²) < 4.78 is 3.01. The first kappa shape index (κ1) is 19.5. The Balaban J connectivity index is 1.79. The van der Waals surface area contributed by atoms with E-state index in [-0.39, 0.29) is 11.3 Å². The van der Waals surface area contributed by atoms with Crippen molar-refractivity contribution in [1.82, 2.24) is 4.98 Å². The highest BCUT2D eigenvalue weighted by atomic mass is 35.5. The van der Waals surface area contributed by atoms with Gasteiger partial charge >= 0.3 is 5.97 Å². The first-order chi connectivity index (χ1) is 13.3. The number of carboxylic acids is 1. The van der Waals surface area contributed by atoms with E-state index < -0.39 is 11.9 Å². The van der Waals surface area contributed by atoms with Gasteiger partial charge in [0, 0.05) is 34.0 Å². The summed E-state index contributed by atoms with van der Waals surface area (Å²) in [7, 11) is 0. The minimum atomic E-state index is -1.20. The Hall–Kier alpha value is -3.23. The summed E-state index contributed by atoms with van der Waals surface area (Å²) >= 11 is 7.42. The number of halogens is 1. The number of carbonyl (C=O) groups is 2. The fourth-order valence-electron chi connectivity index (χ4n) is 2.40. The monoisotopic (exact) mass is 415 g/mol. The molecule has 0 aliphatic rings. The SMILES string of the molecule is NC(=O)c1ccc(-c2cc(SNc3ccc(C(=O)O)c(O)c3)cnc2Cl)cc1. The summed E-state index contributed by atoms with van der Waals surface area (Å²) in [4.78, 5) is 27.0. The highest BCUT2D eigenvalue weighted by Gasteiger charge is 2.11. The number of nitrogens with one attached hydrogen (secondary N) is 1. The fraction of sp³-hybridized carbons (Fsp3) is 0. The number of pyridine rings is 1. The second-order valence-electron chi connectivity index (χ2n) is 5.69. The largest absolute Gasteiger partial charge is 0.507 e. The minimum Gasteiger partial charge on any atom is -0.507 e. The van der Waals surface area contributed by atoms with Crippen molar-refractivity contribution in [1.29, 1.82) is 0 Å². The summed E-state index contributed by atoms with van der Waals surface area (Å²) in [6.45, 7) is 0. The lowest BCUT2D eigenvalue weighted by Gasteiger charge is -2.10. The van der Waals surface area contributed by atoms with Crippen LogP contribution in [0.5, 0.6) is 5.75 Å². The van der Waals surface area contributed by atoms with Crippen molar-refractivity contribution in [3.8, 4) is 16.9 Å². The Morgan fingerprint density at radius 3 is 2.43 bits per heavy atom. The number of nitrogens with two attached hydrogens (primary N) is 1. The molecule has 0 aliphatic carbocycles. The number of hydrogen-bond acceptors (Lipinski definition) is 6. The zero-order valence-corrected chi connectivity index (χ0v) is 15.8. The number of rotatable bonds is 6. The van der Waals surface area contributed by atoms with Gasteiger partial charge in [0.25, 0.3) is 0 Å². The van der Waals surface area contributed by atoms with E-state index in [4.69, 9.17) is 22.4 Å². The second-order valence-corrected chi connectivity index (χ2v) is 6.93. The van der Waals surface area contributed by atoms with E-state index in [0.29, 0.717) is 22.0 Å². The van der Waals surface area contributed by atoms with Crippen molar-refractivity contribution in [2.45, 2.75) is 4.90 Å². The Morgan fingerprint density at radius 2 is 1.82 bits per heavy atom. The maximum atomic E-state index is 11.2. The van der Waals surface area contributed by atoms with Crippen molar-refractivity contribution in [2.24, 2.45) is 5.73 Å². The fourth-order valence-corrected chi connectivity index (χ4v) is 3.25. The quantitative estimate of drug-likeness (QED) is 0.353. The molecule has 0 saturated carbocycles. The van der Waals surface area contributed by atoms with Crippen molar-refractivity contribution in [2.75, 3.05) is 4.72 Å². The Morgan fingerprint density at radius 1 is 1.11 bits per heavy atom. The van der Waals surface area contributed by atoms with Gasteiger partial charge in [-0.15, -0.1) is 0 Å². The molecule has 0 radical (unpaired) electrons. The molecule has 0 unspecified atom stereocenters. The maximum absolute atomic E-state index is 11.2. The molecule has 3 aromatic rings. The van der Waals surface area contributed by atoms with Crippen LogP contribution in [-0.2, 0) is 0 Å². The molecule has 0 spiro atoms. The number of carboxylic acid groups (broad SMARTS) is 1. The Labute approximate surface area is 169 Å². The third-order valence-electron chi connectivity index (χ3n) is 3.81. The van der Waals surface area contributed by atoms with Gasteiger partial charge in [-0.05, 0) is 47.8 Å². The van der Waals surface area contributed by atoms with Crippen LogP contribution in [0.1, 0.15) is 20.7 Å². The summed E-state index contributed by atoms with van der Waals surface area (Å²) in [5.41, 5.74) is 7.44. The predicted octanol–water partition coefficient (Wildman–Crippen LogP) is 4.02. The number of aromatic carboxylic acids is 1. The Bertz CT molecular complexity index is 1060. The van der Waals surface area contributed by atoms with Crippen LogP contribution >= 0.6 is 23.5 Å². The number of aromatic nitrogens is 1. The van der Waals surface area contributed by atoms with E-state index in [2.05, 4.69) is 9.71 Å². The smallest absolute Gasteiger partial charge is 0.339 e. The molecule has 1 amide bonds. The molecule has 1 aromatic heterocycles. The van der Waals surface area contributed by atoms with E-state index in [1.54, 1.807) is 36.5 Å². The molecule has 0 atom stereocenters. The van der Waals surface area contributed by atoms with Gasteiger partial charge in [0.05, 0.1) is 0 Å². The van der Waals surface area contributed by atoms with Gasteiger partial charge in [-0.3, -0.25) is 4.79 Å². The zero-order chi connectivity index (χ0) is 20.3. The molecule has 142 valence electrons. The first-order valence-electron chi connectivity index (χ1n) is 7.90. The number of primary amides is 1. The third kappa shape index (κ3) is 4.36. The standard InChI is InChI=1S/C19H14ClN3O4S/c20-17-15(10-1-3-11(4-2-10)18(21)25)8-13(9-22-17)28-23-12-5-6-14(19(26)27)16(24)7-12/h1-9,23-24H,(H2,21,25)(H,26,27). The number of carbonyl (C=O) groups excluding carboxylic acids is 1. The summed E-state index contributed by atoms with van der Waals surface area (Å²) in [5.74, 6) is -2.05. The van der Waals surface area contributed by atoms with E-state index in [0.717, 1.165) is 10.5 Å².